The molecule has 144 valence electrons. The van der Waals surface area contributed by atoms with Gasteiger partial charge in [0.15, 0.2) is 5.69 Å². The summed E-state index contributed by atoms with van der Waals surface area (Å²) in [5.41, 5.74) is -6.13. The Morgan fingerprint density at radius 2 is 1.78 bits per heavy atom. The second-order valence-corrected chi connectivity index (χ2v) is 4.96. The predicted octanol–water partition coefficient (Wildman–Crippen LogP) is 4.03. The molecule has 0 spiro atoms. The molecule has 1 N–H and O–H groups in total. The maximum absolute atomic E-state index is 13.2. The van der Waals surface area contributed by atoms with Gasteiger partial charge in [0, 0.05) is 24.4 Å². The molecule has 2 rings (SSSR count). The fourth-order valence-corrected chi connectivity index (χ4v) is 2.01. The van der Waals surface area contributed by atoms with E-state index in [1.807, 2.05) is 5.32 Å². The number of benzene rings is 1. The van der Waals surface area contributed by atoms with Gasteiger partial charge in [-0.1, -0.05) is 6.58 Å². The van der Waals surface area contributed by atoms with E-state index in [4.69, 9.17) is 0 Å². The molecule has 7 nitrogen and oxygen atoms in total. The van der Waals surface area contributed by atoms with Crippen LogP contribution in [0.25, 0.3) is 6.20 Å². The van der Waals surface area contributed by atoms with Crippen molar-refractivity contribution in [1.29, 1.82) is 0 Å². The van der Waals surface area contributed by atoms with E-state index in [1.54, 1.807) is 0 Å². The molecule has 2 aromatic rings. The van der Waals surface area contributed by atoms with Crippen LogP contribution in [0.2, 0.25) is 0 Å². The lowest BCUT2D eigenvalue weighted by Gasteiger charge is -2.16. The number of alkyl halides is 6. The van der Waals surface area contributed by atoms with E-state index >= 15 is 0 Å². The van der Waals surface area contributed by atoms with Crippen LogP contribution in [0.4, 0.5) is 43.7 Å². The van der Waals surface area contributed by atoms with Gasteiger partial charge in [-0.2, -0.15) is 26.3 Å². The number of nitrogens with zero attached hydrogens (tertiary/aromatic N) is 3. The first kappa shape index (κ1) is 19.9. The highest BCUT2D eigenvalue weighted by Gasteiger charge is 2.37. The number of nitro benzene ring substituents is 1. The Balaban J connectivity index is 2.66. The fraction of sp³-hybridized carbons (Fsp3) is 0.143. The monoisotopic (exact) mass is 394 g/mol. The topological polar surface area (TPSA) is 90.1 Å². The second kappa shape index (κ2) is 6.74. The largest absolute Gasteiger partial charge is 0.433 e. The van der Waals surface area contributed by atoms with Crippen molar-refractivity contribution in [3.8, 4) is 0 Å². The maximum Gasteiger partial charge on any atom is 0.433 e. The van der Waals surface area contributed by atoms with Crippen LogP contribution in [0, 0.1) is 10.1 Å². The smallest absolute Gasteiger partial charge is 0.325 e. The molecule has 1 aromatic carbocycles. The van der Waals surface area contributed by atoms with Crippen LogP contribution in [0.1, 0.15) is 11.3 Å². The molecule has 0 unspecified atom stereocenters. The molecule has 0 saturated carbocycles. The first-order valence-electron chi connectivity index (χ1n) is 6.80. The van der Waals surface area contributed by atoms with Crippen molar-refractivity contribution in [3.63, 3.8) is 0 Å². The van der Waals surface area contributed by atoms with Gasteiger partial charge in [0.1, 0.15) is 0 Å². The quantitative estimate of drug-likeness (QED) is 0.480. The number of anilines is 2. The number of hydrogen-bond acceptors (Lipinski definition) is 5. The Kier molecular flexibility index (Phi) is 4.97. The van der Waals surface area contributed by atoms with Gasteiger partial charge in [-0.25, -0.2) is 4.98 Å². The molecule has 0 aliphatic carbocycles. The van der Waals surface area contributed by atoms with Crippen LogP contribution < -0.4 is 10.9 Å². The third-order valence-corrected chi connectivity index (χ3v) is 3.19. The van der Waals surface area contributed by atoms with E-state index in [9.17, 15) is 41.3 Å². The van der Waals surface area contributed by atoms with E-state index in [-0.39, 0.29) is 12.1 Å². The minimum Gasteiger partial charge on any atom is -0.325 e. The van der Waals surface area contributed by atoms with Crippen molar-refractivity contribution in [2.75, 3.05) is 5.32 Å². The van der Waals surface area contributed by atoms with E-state index in [2.05, 4.69) is 11.6 Å². The highest BCUT2D eigenvalue weighted by molar-refractivity contribution is 5.63. The molecular weight excluding hydrogens is 386 g/mol. The highest BCUT2D eigenvalue weighted by Crippen LogP contribution is 2.38. The second-order valence-electron chi connectivity index (χ2n) is 4.96. The molecule has 13 heteroatoms. The normalized spacial score (nSPS) is 11.9. The Labute approximate surface area is 145 Å². The van der Waals surface area contributed by atoms with Crippen molar-refractivity contribution >= 4 is 23.5 Å². The van der Waals surface area contributed by atoms with Crippen LogP contribution in [-0.2, 0) is 12.4 Å². The minimum atomic E-state index is -5.07. The zero-order valence-electron chi connectivity index (χ0n) is 12.9. The molecule has 1 heterocycles. The van der Waals surface area contributed by atoms with Gasteiger partial charge >= 0.3 is 12.4 Å². The predicted molar refractivity (Wildman–Crippen MR) is 81.3 cm³/mol. The average molecular weight is 394 g/mol. The van der Waals surface area contributed by atoms with E-state index in [0.717, 1.165) is 6.20 Å². The molecule has 27 heavy (non-hydrogen) atoms. The summed E-state index contributed by atoms with van der Waals surface area (Å²) in [6.45, 7) is 3.18. The van der Waals surface area contributed by atoms with Gasteiger partial charge in [-0.15, -0.1) is 0 Å². The van der Waals surface area contributed by atoms with Crippen LogP contribution in [0.3, 0.4) is 0 Å². The summed E-state index contributed by atoms with van der Waals surface area (Å²) in [7, 11) is 0. The summed E-state index contributed by atoms with van der Waals surface area (Å²) < 4.78 is 78.4. The summed E-state index contributed by atoms with van der Waals surface area (Å²) >= 11 is 0. The first-order valence-corrected chi connectivity index (χ1v) is 6.80. The number of nitrogens with one attached hydrogen (secondary N) is 1. The van der Waals surface area contributed by atoms with E-state index in [1.165, 1.54) is 0 Å². The highest BCUT2D eigenvalue weighted by atomic mass is 19.4. The molecule has 0 bridgehead atoms. The summed E-state index contributed by atoms with van der Waals surface area (Å²) in [5, 5.41) is 12.6. The number of rotatable bonds is 4. The molecule has 1 aromatic heterocycles. The Morgan fingerprint density at radius 1 is 1.15 bits per heavy atom. The molecule has 0 atom stereocenters. The van der Waals surface area contributed by atoms with Crippen molar-refractivity contribution < 1.29 is 31.3 Å². The molecule has 0 aliphatic rings. The number of nitro groups is 1. The number of hydrogen-bond donors (Lipinski definition) is 1. The Hall–Kier alpha value is -3.38. The average Bonchev–Trinajstić information content (AvgIpc) is 2.52. The molecule has 0 radical (unpaired) electrons. The zero-order valence-corrected chi connectivity index (χ0v) is 12.9. The molecule has 0 amide bonds. The Morgan fingerprint density at radius 3 is 2.26 bits per heavy atom. The van der Waals surface area contributed by atoms with Crippen molar-refractivity contribution in [2.45, 2.75) is 12.4 Å². The van der Waals surface area contributed by atoms with Crippen molar-refractivity contribution in [1.82, 2.24) is 9.55 Å². The lowest BCUT2D eigenvalue weighted by Crippen LogP contribution is -2.24. The summed E-state index contributed by atoms with van der Waals surface area (Å²) in [4.78, 5) is 24.5. The number of aromatic nitrogens is 2. The van der Waals surface area contributed by atoms with Gasteiger partial charge in [0.25, 0.3) is 11.2 Å². The summed E-state index contributed by atoms with van der Waals surface area (Å²) in [6, 6.07) is 1.70. The third-order valence-electron chi connectivity index (χ3n) is 3.19. The standard InChI is InChI=1S/C14H8F6N4O3/c1-2-23-11(25)6-10(14(18,19)20)22-12(23)21-9-4-3-7(24(26)27)5-8(9)13(15,16)17/h2-6H,1H2,(H,21,22). The van der Waals surface area contributed by atoms with Gasteiger partial charge in [-0.05, 0) is 6.07 Å². The van der Waals surface area contributed by atoms with Gasteiger partial charge < -0.3 is 5.32 Å². The van der Waals surface area contributed by atoms with E-state index in [0.29, 0.717) is 16.7 Å². The molecular formula is C14H8F6N4O3. The van der Waals surface area contributed by atoms with Crippen LogP contribution in [0.15, 0.2) is 35.6 Å². The Bertz CT molecular complexity index is 965. The third kappa shape index (κ3) is 4.24. The number of non-ortho nitro benzene ring substituents is 1. The number of halogens is 6. The molecule has 0 aliphatic heterocycles. The van der Waals surface area contributed by atoms with Gasteiger partial charge in [0.05, 0.1) is 16.2 Å². The SMILES string of the molecule is C=Cn1c(Nc2ccc([N+](=O)[O-])cc2C(F)(F)F)nc(C(F)(F)F)cc1=O. The summed E-state index contributed by atoms with van der Waals surface area (Å²) in [5.74, 6) is -0.899. The van der Waals surface area contributed by atoms with Crippen molar-refractivity contribution in [3.05, 3.63) is 62.6 Å². The van der Waals surface area contributed by atoms with Crippen LogP contribution >= 0.6 is 0 Å². The van der Waals surface area contributed by atoms with Crippen LogP contribution in [0.5, 0.6) is 0 Å². The van der Waals surface area contributed by atoms with Crippen molar-refractivity contribution in [2.24, 2.45) is 0 Å². The van der Waals surface area contributed by atoms with Gasteiger partial charge in [0.2, 0.25) is 5.95 Å². The van der Waals surface area contributed by atoms with E-state index < -0.39 is 51.4 Å². The fourth-order valence-electron chi connectivity index (χ4n) is 2.01. The molecule has 0 saturated heterocycles. The van der Waals surface area contributed by atoms with Gasteiger partial charge in [-0.3, -0.25) is 19.5 Å². The maximum atomic E-state index is 13.2. The minimum absolute atomic E-state index is 0.146. The first-order chi connectivity index (χ1) is 12.3. The zero-order chi connectivity index (χ0) is 20.6. The lowest BCUT2D eigenvalue weighted by molar-refractivity contribution is -0.385. The summed E-state index contributed by atoms with van der Waals surface area (Å²) in [6.07, 6.45) is -9.36. The lowest BCUT2D eigenvalue weighted by atomic mass is 10.1. The molecule has 0 fully saturated rings. The van der Waals surface area contributed by atoms with Crippen LogP contribution in [-0.4, -0.2) is 14.5 Å².